The van der Waals surface area contributed by atoms with E-state index in [-0.39, 0.29) is 12.6 Å². The summed E-state index contributed by atoms with van der Waals surface area (Å²) >= 11 is 6.11. The van der Waals surface area contributed by atoms with E-state index in [1.165, 1.54) is 19.3 Å². The monoisotopic (exact) mass is 339 g/mol. The van der Waals surface area contributed by atoms with Crippen LogP contribution in [-0.4, -0.2) is 49.3 Å². The zero-order chi connectivity index (χ0) is 16.7. The number of hydrogen-bond acceptors (Lipinski definition) is 3. The summed E-state index contributed by atoms with van der Waals surface area (Å²) in [5.74, 6) is 0. The number of anilines is 2. The Bertz CT molecular complexity index is 519. The Morgan fingerprint density at radius 3 is 2.74 bits per heavy atom. The summed E-state index contributed by atoms with van der Waals surface area (Å²) in [6.07, 6.45) is 5.11. The summed E-state index contributed by atoms with van der Waals surface area (Å²) in [6, 6.07) is 5.51. The molecule has 1 aliphatic rings. The molecule has 1 aliphatic heterocycles. The summed E-state index contributed by atoms with van der Waals surface area (Å²) in [4.78, 5) is 16.3. The molecule has 0 bridgehead atoms. The molecule has 6 heteroatoms. The van der Waals surface area contributed by atoms with E-state index in [0.29, 0.717) is 18.0 Å². The van der Waals surface area contributed by atoms with Gasteiger partial charge >= 0.3 is 6.03 Å². The summed E-state index contributed by atoms with van der Waals surface area (Å²) < 4.78 is 0. The Hall–Kier alpha value is -1.46. The van der Waals surface area contributed by atoms with Gasteiger partial charge in [0.1, 0.15) is 0 Å². The zero-order valence-corrected chi connectivity index (χ0v) is 14.5. The third-order valence-corrected chi connectivity index (χ3v) is 4.38. The minimum atomic E-state index is -0.150. The lowest BCUT2D eigenvalue weighted by atomic mass is 10.1. The van der Waals surface area contributed by atoms with Gasteiger partial charge in [0, 0.05) is 38.3 Å². The van der Waals surface area contributed by atoms with Crippen LogP contribution in [0.15, 0.2) is 18.2 Å². The van der Waals surface area contributed by atoms with Crippen molar-refractivity contribution >= 4 is 29.0 Å². The molecule has 5 nitrogen and oxygen atoms in total. The molecule has 23 heavy (non-hydrogen) atoms. The number of aliphatic hydroxyl groups excluding tert-OH is 1. The fourth-order valence-electron chi connectivity index (χ4n) is 2.79. The standard InChI is InChI=1S/C17H26ClN3O2/c1-20(9-5-6-12-22)17(23)19-15-13-14(18)7-8-16(15)21-10-3-2-4-11-21/h7-8,13,22H,2-6,9-12H2,1H3,(H,19,23). The van der Waals surface area contributed by atoms with E-state index < -0.39 is 0 Å². The van der Waals surface area contributed by atoms with Crippen LogP contribution in [0.3, 0.4) is 0 Å². The predicted octanol–water partition coefficient (Wildman–Crippen LogP) is 3.57. The number of carbonyl (C=O) groups excluding carboxylic acids is 1. The second-order valence-corrected chi connectivity index (χ2v) is 6.43. The molecule has 0 atom stereocenters. The van der Waals surface area contributed by atoms with Gasteiger partial charge in [-0.05, 0) is 50.3 Å². The first-order valence-electron chi connectivity index (χ1n) is 8.29. The van der Waals surface area contributed by atoms with E-state index in [2.05, 4.69) is 10.2 Å². The number of carbonyl (C=O) groups is 1. The van der Waals surface area contributed by atoms with Gasteiger partial charge in [-0.2, -0.15) is 0 Å². The molecule has 2 rings (SSSR count). The average molecular weight is 340 g/mol. The smallest absolute Gasteiger partial charge is 0.321 e. The lowest BCUT2D eigenvalue weighted by Gasteiger charge is -2.31. The summed E-state index contributed by atoms with van der Waals surface area (Å²) in [6.45, 7) is 2.79. The predicted molar refractivity (Wildman–Crippen MR) is 95.5 cm³/mol. The Balaban J connectivity index is 2.05. The maximum atomic E-state index is 12.3. The van der Waals surface area contributed by atoms with Crippen molar-refractivity contribution in [2.75, 3.05) is 43.5 Å². The molecule has 2 N–H and O–H groups in total. The van der Waals surface area contributed by atoms with Crippen LogP contribution in [0, 0.1) is 0 Å². The van der Waals surface area contributed by atoms with Crippen molar-refractivity contribution in [1.82, 2.24) is 4.90 Å². The van der Waals surface area contributed by atoms with Crippen LogP contribution in [0.2, 0.25) is 5.02 Å². The van der Waals surface area contributed by atoms with Gasteiger partial charge in [0.15, 0.2) is 0 Å². The summed E-state index contributed by atoms with van der Waals surface area (Å²) in [5, 5.41) is 12.4. The number of amides is 2. The van der Waals surface area contributed by atoms with Crippen molar-refractivity contribution in [2.24, 2.45) is 0 Å². The highest BCUT2D eigenvalue weighted by Crippen LogP contribution is 2.31. The van der Waals surface area contributed by atoms with Gasteiger partial charge in [-0.3, -0.25) is 0 Å². The Morgan fingerprint density at radius 1 is 1.30 bits per heavy atom. The van der Waals surface area contributed by atoms with Gasteiger partial charge in [0.2, 0.25) is 0 Å². The van der Waals surface area contributed by atoms with Crippen LogP contribution in [0.1, 0.15) is 32.1 Å². The van der Waals surface area contributed by atoms with Gasteiger partial charge in [0.05, 0.1) is 11.4 Å². The highest BCUT2D eigenvalue weighted by molar-refractivity contribution is 6.31. The molecule has 0 unspecified atom stereocenters. The number of nitrogens with zero attached hydrogens (tertiary/aromatic N) is 2. The third-order valence-electron chi connectivity index (χ3n) is 4.15. The molecule has 128 valence electrons. The number of urea groups is 1. The Kier molecular flexibility index (Phi) is 6.99. The Morgan fingerprint density at radius 2 is 2.04 bits per heavy atom. The molecule has 0 radical (unpaired) electrons. The Labute approximate surface area is 143 Å². The quantitative estimate of drug-likeness (QED) is 0.779. The fraction of sp³-hybridized carbons (Fsp3) is 0.588. The number of halogens is 1. The zero-order valence-electron chi connectivity index (χ0n) is 13.7. The number of piperidine rings is 1. The van der Waals surface area contributed by atoms with E-state index >= 15 is 0 Å². The molecule has 1 aromatic carbocycles. The van der Waals surface area contributed by atoms with Crippen molar-refractivity contribution < 1.29 is 9.90 Å². The van der Waals surface area contributed by atoms with Crippen molar-refractivity contribution in [1.29, 1.82) is 0 Å². The lowest BCUT2D eigenvalue weighted by molar-refractivity contribution is 0.218. The van der Waals surface area contributed by atoms with E-state index in [4.69, 9.17) is 16.7 Å². The van der Waals surface area contributed by atoms with Crippen molar-refractivity contribution in [2.45, 2.75) is 32.1 Å². The molecular weight excluding hydrogens is 314 g/mol. The molecule has 1 heterocycles. The SMILES string of the molecule is CN(CCCCO)C(=O)Nc1cc(Cl)ccc1N1CCCCC1. The number of nitrogens with one attached hydrogen (secondary N) is 1. The van der Waals surface area contributed by atoms with Crippen LogP contribution in [-0.2, 0) is 0 Å². The number of benzene rings is 1. The second kappa shape index (κ2) is 8.99. The van der Waals surface area contributed by atoms with Crippen LogP contribution < -0.4 is 10.2 Å². The normalized spacial score (nSPS) is 14.7. The molecule has 1 saturated heterocycles. The van der Waals surface area contributed by atoms with Crippen LogP contribution in [0.25, 0.3) is 0 Å². The topological polar surface area (TPSA) is 55.8 Å². The molecule has 0 aliphatic carbocycles. The van der Waals surface area contributed by atoms with Gasteiger partial charge in [0.25, 0.3) is 0 Å². The molecule has 0 saturated carbocycles. The molecule has 1 fully saturated rings. The largest absolute Gasteiger partial charge is 0.396 e. The van der Waals surface area contributed by atoms with Crippen LogP contribution in [0.5, 0.6) is 0 Å². The van der Waals surface area contributed by atoms with Gasteiger partial charge < -0.3 is 20.2 Å². The molecular formula is C17H26ClN3O2. The number of aliphatic hydroxyl groups is 1. The van der Waals surface area contributed by atoms with Gasteiger partial charge in [-0.1, -0.05) is 11.6 Å². The highest BCUT2D eigenvalue weighted by Gasteiger charge is 2.17. The average Bonchev–Trinajstić information content (AvgIpc) is 2.56. The molecule has 1 aromatic rings. The summed E-state index contributed by atoms with van der Waals surface area (Å²) in [5.41, 5.74) is 1.80. The first-order chi connectivity index (χ1) is 11.1. The van der Waals surface area contributed by atoms with Gasteiger partial charge in [-0.15, -0.1) is 0 Å². The molecule has 0 aromatic heterocycles. The van der Waals surface area contributed by atoms with Crippen molar-refractivity contribution in [3.63, 3.8) is 0 Å². The second-order valence-electron chi connectivity index (χ2n) is 5.99. The maximum Gasteiger partial charge on any atom is 0.321 e. The first kappa shape index (κ1) is 17.9. The van der Waals surface area contributed by atoms with E-state index in [0.717, 1.165) is 30.9 Å². The lowest BCUT2D eigenvalue weighted by Crippen LogP contribution is -2.34. The third kappa shape index (κ3) is 5.29. The van der Waals surface area contributed by atoms with E-state index in [1.807, 2.05) is 18.2 Å². The minimum absolute atomic E-state index is 0.150. The number of rotatable bonds is 6. The minimum Gasteiger partial charge on any atom is -0.396 e. The van der Waals surface area contributed by atoms with Crippen LogP contribution in [0.4, 0.5) is 16.2 Å². The van der Waals surface area contributed by atoms with Crippen molar-refractivity contribution in [3.05, 3.63) is 23.2 Å². The van der Waals surface area contributed by atoms with Crippen LogP contribution >= 0.6 is 11.6 Å². The molecule has 0 spiro atoms. The molecule has 2 amide bonds. The van der Waals surface area contributed by atoms with Gasteiger partial charge in [-0.25, -0.2) is 4.79 Å². The van der Waals surface area contributed by atoms with E-state index in [9.17, 15) is 4.79 Å². The highest BCUT2D eigenvalue weighted by atomic mass is 35.5. The fourth-order valence-corrected chi connectivity index (χ4v) is 2.96. The number of unbranched alkanes of at least 4 members (excludes halogenated alkanes) is 1. The number of hydrogen-bond donors (Lipinski definition) is 2. The van der Waals surface area contributed by atoms with Crippen molar-refractivity contribution in [3.8, 4) is 0 Å². The summed E-state index contributed by atoms with van der Waals surface area (Å²) in [7, 11) is 1.76. The first-order valence-corrected chi connectivity index (χ1v) is 8.67. The maximum absolute atomic E-state index is 12.3. The van der Waals surface area contributed by atoms with E-state index in [1.54, 1.807) is 11.9 Å².